The fourth-order valence-electron chi connectivity index (χ4n) is 3.06. The molecule has 112 valence electrons. The van der Waals surface area contributed by atoms with E-state index in [1.165, 1.54) is 0 Å². The lowest BCUT2D eigenvalue weighted by atomic mass is 10.1. The molecule has 0 spiro atoms. The third kappa shape index (κ3) is 2.44. The molecule has 0 aromatic heterocycles. The smallest absolute Gasteiger partial charge is 0.243 e. The first kappa shape index (κ1) is 15.3. The predicted octanol–water partition coefficient (Wildman–Crippen LogP) is 2.61. The Kier molecular flexibility index (Phi) is 4.12. The lowest BCUT2D eigenvalue weighted by Gasteiger charge is -2.21. The van der Waals surface area contributed by atoms with Crippen LogP contribution >= 0.6 is 0 Å². The molecule has 5 heteroatoms. The van der Waals surface area contributed by atoms with Gasteiger partial charge in [-0.05, 0) is 49.8 Å². The molecule has 1 saturated heterocycles. The molecular formula is C15H24N2O2S. The second-order valence-corrected chi connectivity index (χ2v) is 7.68. The highest BCUT2D eigenvalue weighted by Gasteiger charge is 2.34. The van der Waals surface area contributed by atoms with Crippen molar-refractivity contribution in [3.63, 3.8) is 0 Å². The van der Waals surface area contributed by atoms with Gasteiger partial charge in [-0.1, -0.05) is 19.4 Å². The average molecular weight is 296 g/mol. The topological polar surface area (TPSA) is 63.4 Å². The van der Waals surface area contributed by atoms with Gasteiger partial charge in [0.15, 0.2) is 0 Å². The van der Waals surface area contributed by atoms with Gasteiger partial charge in [0.25, 0.3) is 0 Å². The summed E-state index contributed by atoms with van der Waals surface area (Å²) in [6.45, 7) is 8.92. The minimum absolute atomic E-state index is 0.400. The fraction of sp³-hybridized carbons (Fsp3) is 0.600. The quantitative estimate of drug-likeness (QED) is 0.872. The summed E-state index contributed by atoms with van der Waals surface area (Å²) < 4.78 is 27.4. The number of hydrogen-bond donors (Lipinski definition) is 1. The molecule has 1 heterocycles. The van der Waals surface area contributed by atoms with Crippen LogP contribution in [0, 0.1) is 26.7 Å². The molecule has 2 rings (SSSR count). The standard InChI is InChI=1S/C15H24N2O2S/c1-5-13-6-7-17(9-13)20(18,19)15-11(3)8-10(2)14(16)12(15)4/h8,13H,5-7,9,16H2,1-4H3. The molecule has 0 bridgehead atoms. The third-order valence-corrected chi connectivity index (χ3v) is 6.54. The second kappa shape index (κ2) is 5.37. The Labute approximate surface area is 122 Å². The minimum atomic E-state index is -3.43. The van der Waals surface area contributed by atoms with Crippen LogP contribution in [-0.4, -0.2) is 25.8 Å². The van der Waals surface area contributed by atoms with Gasteiger partial charge in [0.05, 0.1) is 4.90 Å². The lowest BCUT2D eigenvalue weighted by Crippen LogP contribution is -2.30. The van der Waals surface area contributed by atoms with E-state index in [1.807, 2.05) is 19.9 Å². The maximum atomic E-state index is 12.9. The van der Waals surface area contributed by atoms with Gasteiger partial charge in [-0.3, -0.25) is 0 Å². The van der Waals surface area contributed by atoms with E-state index in [0.717, 1.165) is 24.0 Å². The fourth-order valence-corrected chi connectivity index (χ4v) is 5.03. The third-order valence-electron chi connectivity index (χ3n) is 4.38. The van der Waals surface area contributed by atoms with Crippen LogP contribution in [0.2, 0.25) is 0 Å². The molecule has 20 heavy (non-hydrogen) atoms. The molecule has 1 aliphatic heterocycles. The summed E-state index contributed by atoms with van der Waals surface area (Å²) in [5.41, 5.74) is 9.01. The molecular weight excluding hydrogens is 272 g/mol. The van der Waals surface area contributed by atoms with E-state index >= 15 is 0 Å². The zero-order valence-electron chi connectivity index (χ0n) is 12.7. The van der Waals surface area contributed by atoms with E-state index in [9.17, 15) is 8.42 Å². The SMILES string of the molecule is CCC1CCN(S(=O)(=O)c2c(C)cc(C)c(N)c2C)C1. The first-order valence-corrected chi connectivity index (χ1v) is 8.59. The van der Waals surface area contributed by atoms with E-state index in [1.54, 1.807) is 11.2 Å². The number of aryl methyl sites for hydroxylation is 2. The molecule has 0 saturated carbocycles. The molecule has 2 N–H and O–H groups in total. The van der Waals surface area contributed by atoms with Crippen LogP contribution in [0.3, 0.4) is 0 Å². The lowest BCUT2D eigenvalue weighted by molar-refractivity contribution is 0.452. The average Bonchev–Trinajstić information content (AvgIpc) is 2.85. The number of benzene rings is 1. The summed E-state index contributed by atoms with van der Waals surface area (Å²) in [4.78, 5) is 0.400. The second-order valence-electron chi connectivity index (χ2n) is 5.80. The Bertz CT molecular complexity index is 623. The molecule has 1 aromatic carbocycles. The Hall–Kier alpha value is -1.07. The normalized spacial score (nSPS) is 20.5. The van der Waals surface area contributed by atoms with Crippen molar-refractivity contribution in [3.05, 3.63) is 22.8 Å². The number of hydrogen-bond acceptors (Lipinski definition) is 3. The Morgan fingerprint density at radius 1 is 1.30 bits per heavy atom. The molecule has 0 aliphatic carbocycles. The van der Waals surface area contributed by atoms with Gasteiger partial charge >= 0.3 is 0 Å². The summed E-state index contributed by atoms with van der Waals surface area (Å²) in [6, 6.07) is 1.86. The van der Waals surface area contributed by atoms with Crippen molar-refractivity contribution >= 4 is 15.7 Å². The number of nitrogens with zero attached hydrogens (tertiary/aromatic N) is 1. The van der Waals surface area contributed by atoms with Crippen LogP contribution < -0.4 is 5.73 Å². The number of nitrogens with two attached hydrogens (primary N) is 1. The van der Waals surface area contributed by atoms with E-state index in [0.29, 0.717) is 35.2 Å². The molecule has 1 unspecified atom stereocenters. The monoisotopic (exact) mass is 296 g/mol. The highest BCUT2D eigenvalue weighted by molar-refractivity contribution is 7.89. The van der Waals surface area contributed by atoms with E-state index in [4.69, 9.17) is 5.73 Å². The van der Waals surface area contributed by atoms with E-state index < -0.39 is 10.0 Å². The summed E-state index contributed by atoms with van der Waals surface area (Å²) in [6.07, 6.45) is 1.98. The molecule has 0 radical (unpaired) electrons. The molecule has 1 aromatic rings. The van der Waals surface area contributed by atoms with Crippen molar-refractivity contribution in [1.82, 2.24) is 4.31 Å². The van der Waals surface area contributed by atoms with Crippen LogP contribution in [-0.2, 0) is 10.0 Å². The van der Waals surface area contributed by atoms with Crippen LogP contribution in [0.15, 0.2) is 11.0 Å². The van der Waals surface area contributed by atoms with Crippen LogP contribution in [0.25, 0.3) is 0 Å². The van der Waals surface area contributed by atoms with Crippen molar-refractivity contribution in [2.24, 2.45) is 5.92 Å². The number of rotatable bonds is 3. The van der Waals surface area contributed by atoms with Crippen molar-refractivity contribution < 1.29 is 8.42 Å². The van der Waals surface area contributed by atoms with Crippen LogP contribution in [0.4, 0.5) is 5.69 Å². The van der Waals surface area contributed by atoms with Gasteiger partial charge in [-0.2, -0.15) is 4.31 Å². The van der Waals surface area contributed by atoms with E-state index in [-0.39, 0.29) is 0 Å². The molecule has 0 amide bonds. The van der Waals surface area contributed by atoms with Gasteiger partial charge < -0.3 is 5.73 Å². The zero-order valence-corrected chi connectivity index (χ0v) is 13.5. The maximum Gasteiger partial charge on any atom is 0.243 e. The Balaban J connectivity index is 2.48. The van der Waals surface area contributed by atoms with Crippen molar-refractivity contribution in [2.75, 3.05) is 18.8 Å². The summed E-state index contributed by atoms with van der Waals surface area (Å²) in [7, 11) is -3.43. The summed E-state index contributed by atoms with van der Waals surface area (Å²) in [5, 5.41) is 0. The molecule has 1 fully saturated rings. The minimum Gasteiger partial charge on any atom is -0.398 e. The number of sulfonamides is 1. The zero-order chi connectivity index (χ0) is 15.1. The van der Waals surface area contributed by atoms with Gasteiger partial charge in [0, 0.05) is 18.8 Å². The Morgan fingerprint density at radius 3 is 2.50 bits per heavy atom. The summed E-state index contributed by atoms with van der Waals surface area (Å²) >= 11 is 0. The Morgan fingerprint density at radius 2 is 1.95 bits per heavy atom. The van der Waals surface area contributed by atoms with Crippen LogP contribution in [0.1, 0.15) is 36.5 Å². The van der Waals surface area contributed by atoms with Gasteiger partial charge in [-0.25, -0.2) is 8.42 Å². The van der Waals surface area contributed by atoms with Crippen LogP contribution in [0.5, 0.6) is 0 Å². The largest absolute Gasteiger partial charge is 0.398 e. The van der Waals surface area contributed by atoms with E-state index in [2.05, 4.69) is 6.92 Å². The molecule has 1 atom stereocenters. The number of nitrogen functional groups attached to an aromatic ring is 1. The highest BCUT2D eigenvalue weighted by Crippen LogP contribution is 2.33. The first-order chi connectivity index (χ1) is 9.28. The number of anilines is 1. The maximum absolute atomic E-state index is 12.9. The molecule has 1 aliphatic rings. The predicted molar refractivity (Wildman–Crippen MR) is 82.2 cm³/mol. The van der Waals surface area contributed by atoms with Crippen molar-refractivity contribution in [2.45, 2.75) is 45.4 Å². The van der Waals surface area contributed by atoms with Gasteiger partial charge in [-0.15, -0.1) is 0 Å². The van der Waals surface area contributed by atoms with Gasteiger partial charge in [0.1, 0.15) is 0 Å². The highest BCUT2D eigenvalue weighted by atomic mass is 32.2. The van der Waals surface area contributed by atoms with Crippen molar-refractivity contribution in [1.29, 1.82) is 0 Å². The van der Waals surface area contributed by atoms with Crippen molar-refractivity contribution in [3.8, 4) is 0 Å². The van der Waals surface area contributed by atoms with Gasteiger partial charge in [0.2, 0.25) is 10.0 Å². The summed E-state index contributed by atoms with van der Waals surface area (Å²) in [5.74, 6) is 0.480. The molecule has 4 nitrogen and oxygen atoms in total. The first-order valence-electron chi connectivity index (χ1n) is 7.15.